The minimum atomic E-state index is 0.295. The smallest absolute Gasteiger partial charge is 0.0253 e. The van der Waals surface area contributed by atoms with Crippen LogP contribution >= 0.6 is 0 Å². The SMILES string of the molecule is CCC1=[C-]C(C)C=C1C(C)(C)C.[Zr+2]=[C](c1ccccc1)c1ccccc1.[c-]1cccc2c1Cc1ccccc1-2. The Morgan fingerprint density at radius 3 is 1.92 bits per heavy atom. The summed E-state index contributed by atoms with van der Waals surface area (Å²) < 4.78 is 1.42. The molecule has 1 unspecified atom stereocenters. The molecule has 0 bridgehead atoms. The predicted octanol–water partition coefficient (Wildman–Crippen LogP) is 9.61. The Bertz CT molecular complexity index is 1360. The van der Waals surface area contributed by atoms with Gasteiger partial charge in [0.2, 0.25) is 0 Å². The van der Waals surface area contributed by atoms with E-state index in [1.165, 1.54) is 72.0 Å². The normalized spacial score (nSPS) is 15.0. The summed E-state index contributed by atoms with van der Waals surface area (Å²) in [6.45, 7) is 11.2. The van der Waals surface area contributed by atoms with Gasteiger partial charge in [-0.15, -0.1) is 5.56 Å². The maximum absolute atomic E-state index is 3.48. The van der Waals surface area contributed by atoms with Crippen LogP contribution in [0.15, 0.2) is 120 Å². The molecule has 0 spiro atoms. The zero-order valence-electron chi connectivity index (χ0n) is 23.9. The first kappa shape index (κ1) is 29.1. The molecular weight excluding hydrogens is 548 g/mol. The fourth-order valence-electron chi connectivity index (χ4n) is 5.11. The predicted molar refractivity (Wildman–Crippen MR) is 163 cm³/mol. The van der Waals surface area contributed by atoms with E-state index in [9.17, 15) is 0 Å². The number of allylic oxidation sites excluding steroid dienone is 4. The van der Waals surface area contributed by atoms with Gasteiger partial charge in [-0.25, -0.2) is 5.57 Å². The van der Waals surface area contributed by atoms with Gasteiger partial charge in [-0.05, 0) is 6.42 Å². The fourth-order valence-corrected chi connectivity index (χ4v) is 5.93. The molecule has 2 aliphatic rings. The minimum Gasteiger partial charge on any atom is -0.179 e. The molecule has 0 aromatic heterocycles. The molecule has 1 heteroatoms. The molecule has 0 saturated heterocycles. The summed E-state index contributed by atoms with van der Waals surface area (Å²) in [5.41, 5.74) is 11.4. The molecule has 0 amide bonds. The van der Waals surface area contributed by atoms with Crippen molar-refractivity contribution in [3.8, 4) is 11.1 Å². The third kappa shape index (κ3) is 7.61. The van der Waals surface area contributed by atoms with Gasteiger partial charge in [0.25, 0.3) is 0 Å². The molecule has 39 heavy (non-hydrogen) atoms. The van der Waals surface area contributed by atoms with Crippen molar-refractivity contribution in [1.29, 1.82) is 0 Å². The van der Waals surface area contributed by atoms with Crippen molar-refractivity contribution in [2.24, 2.45) is 11.3 Å². The van der Waals surface area contributed by atoms with Crippen LogP contribution in [0, 0.1) is 23.5 Å². The standard InChI is InChI=1S/C13H9.C13H10.C12H19.Zr/c1-3-7-12-10(5-1)9-11-6-2-4-8-13(11)12;1-3-7-12(8-4-1)11-13-9-5-2-6-10-13;1-6-10-7-9(2)8-11(10)12(3,4)5;/h1-5,7-8H,9H2;1-10H;8-9H,6H2,1-5H3;/q-1;;-1;+2. The minimum absolute atomic E-state index is 0.295. The van der Waals surface area contributed by atoms with E-state index >= 15 is 0 Å². The van der Waals surface area contributed by atoms with Gasteiger partial charge in [0, 0.05) is 0 Å². The molecule has 4 aromatic rings. The second-order valence-electron chi connectivity index (χ2n) is 11.1. The van der Waals surface area contributed by atoms with Crippen LogP contribution in [-0.2, 0) is 30.7 Å². The summed E-state index contributed by atoms with van der Waals surface area (Å²) >= 11 is 1.46. The van der Waals surface area contributed by atoms with Crippen LogP contribution in [-0.4, -0.2) is 3.21 Å². The monoisotopic (exact) mass is 584 g/mol. The van der Waals surface area contributed by atoms with E-state index in [0.29, 0.717) is 11.3 Å². The van der Waals surface area contributed by atoms with Crippen molar-refractivity contribution in [2.45, 2.75) is 47.5 Å². The third-order valence-corrected chi connectivity index (χ3v) is 8.47. The zero-order valence-corrected chi connectivity index (χ0v) is 26.3. The van der Waals surface area contributed by atoms with Gasteiger partial charge in [-0.1, -0.05) is 87.8 Å². The Kier molecular flexibility index (Phi) is 10.0. The molecule has 2 aliphatic carbocycles. The van der Waals surface area contributed by atoms with Crippen LogP contribution in [0.2, 0.25) is 0 Å². The first-order valence-electron chi connectivity index (χ1n) is 13.9. The quantitative estimate of drug-likeness (QED) is 0.185. The first-order chi connectivity index (χ1) is 18.8. The average molecular weight is 586 g/mol. The van der Waals surface area contributed by atoms with Crippen molar-refractivity contribution in [1.82, 2.24) is 0 Å². The topological polar surface area (TPSA) is 0 Å². The molecule has 0 saturated carbocycles. The van der Waals surface area contributed by atoms with Gasteiger partial charge in [-0.3, -0.25) is 6.08 Å². The van der Waals surface area contributed by atoms with Crippen molar-refractivity contribution >= 4 is 3.21 Å². The first-order valence-corrected chi connectivity index (χ1v) is 15.1. The van der Waals surface area contributed by atoms with Gasteiger partial charge >= 0.3 is 99.2 Å². The van der Waals surface area contributed by atoms with Gasteiger partial charge in [0.05, 0.1) is 0 Å². The van der Waals surface area contributed by atoms with E-state index in [4.69, 9.17) is 0 Å². The largest absolute Gasteiger partial charge is 0.179 e. The maximum Gasteiger partial charge on any atom is -0.0253 e. The van der Waals surface area contributed by atoms with E-state index in [1.807, 2.05) is 6.07 Å². The molecular formula is C38H38Zr. The summed E-state index contributed by atoms with van der Waals surface area (Å²) in [6.07, 6.45) is 8.00. The summed E-state index contributed by atoms with van der Waals surface area (Å²) in [6, 6.07) is 39.2. The number of hydrogen-bond acceptors (Lipinski definition) is 0. The Labute approximate surface area is 250 Å². The van der Waals surface area contributed by atoms with E-state index in [-0.39, 0.29) is 0 Å². The number of fused-ring (bicyclic) bond motifs is 3. The number of rotatable bonds is 3. The Balaban J connectivity index is 0.000000136. The molecule has 0 aliphatic heterocycles. The molecule has 0 N–H and O–H groups in total. The van der Waals surface area contributed by atoms with Crippen LogP contribution in [0.25, 0.3) is 11.1 Å². The Morgan fingerprint density at radius 2 is 1.36 bits per heavy atom. The molecule has 6 rings (SSSR count). The van der Waals surface area contributed by atoms with Crippen molar-refractivity contribution in [2.75, 3.05) is 0 Å². The molecule has 1 atom stereocenters. The summed E-state index contributed by atoms with van der Waals surface area (Å²) in [4.78, 5) is 0. The summed E-state index contributed by atoms with van der Waals surface area (Å²) in [7, 11) is 0. The zero-order chi connectivity index (χ0) is 27.8. The van der Waals surface area contributed by atoms with E-state index in [0.717, 1.165) is 12.8 Å². The number of hydrogen-bond donors (Lipinski definition) is 0. The van der Waals surface area contributed by atoms with E-state index in [2.05, 4.69) is 150 Å². The van der Waals surface area contributed by atoms with Crippen LogP contribution in [0.3, 0.4) is 0 Å². The molecule has 0 radical (unpaired) electrons. The fraction of sp³-hybridized carbons (Fsp3) is 0.237. The van der Waals surface area contributed by atoms with Crippen LogP contribution in [0.1, 0.15) is 63.3 Å². The van der Waals surface area contributed by atoms with Crippen molar-refractivity contribution in [3.05, 3.63) is 155 Å². The molecule has 0 heterocycles. The third-order valence-electron chi connectivity index (χ3n) is 7.05. The van der Waals surface area contributed by atoms with Crippen LogP contribution in [0.4, 0.5) is 0 Å². The van der Waals surface area contributed by atoms with E-state index < -0.39 is 0 Å². The van der Waals surface area contributed by atoms with Crippen molar-refractivity contribution in [3.63, 3.8) is 0 Å². The second-order valence-corrected chi connectivity index (χ2v) is 12.3. The summed E-state index contributed by atoms with van der Waals surface area (Å²) in [5, 5.41) is 0. The average Bonchev–Trinajstić information content (AvgIpc) is 3.55. The van der Waals surface area contributed by atoms with Crippen molar-refractivity contribution < 1.29 is 24.2 Å². The van der Waals surface area contributed by atoms with Crippen LogP contribution in [0.5, 0.6) is 0 Å². The molecule has 4 aromatic carbocycles. The second kappa shape index (κ2) is 13.5. The van der Waals surface area contributed by atoms with E-state index in [1.54, 1.807) is 0 Å². The van der Waals surface area contributed by atoms with Gasteiger partial charge in [0.15, 0.2) is 0 Å². The maximum atomic E-state index is 3.48. The van der Waals surface area contributed by atoms with Crippen LogP contribution < -0.4 is 0 Å². The van der Waals surface area contributed by atoms with Gasteiger partial charge in [0.1, 0.15) is 0 Å². The van der Waals surface area contributed by atoms with Gasteiger partial charge in [-0.2, -0.15) is 41.5 Å². The Hall–Kier alpha value is -2.89. The molecule has 0 fully saturated rings. The van der Waals surface area contributed by atoms with Gasteiger partial charge < -0.3 is 0 Å². The molecule has 194 valence electrons. The Morgan fingerprint density at radius 1 is 0.795 bits per heavy atom. The number of benzene rings is 4. The molecule has 0 nitrogen and oxygen atoms in total. The summed E-state index contributed by atoms with van der Waals surface area (Å²) in [5.74, 6) is 0.522.